The second-order valence-electron chi connectivity index (χ2n) is 8.35. The number of halogens is 2. The predicted octanol–water partition coefficient (Wildman–Crippen LogP) is 3.41. The number of hydrogen-bond donors (Lipinski definition) is 1. The van der Waals surface area contributed by atoms with E-state index in [0.717, 1.165) is 5.56 Å². The van der Waals surface area contributed by atoms with Crippen LogP contribution in [0, 0.1) is 0 Å². The third kappa shape index (κ3) is 7.11. The summed E-state index contributed by atoms with van der Waals surface area (Å²) in [5.41, 5.74) is 0.752. The lowest BCUT2D eigenvalue weighted by Gasteiger charge is -2.48. The molecule has 2 aliphatic heterocycles. The molecule has 2 aromatic rings. The quantitative estimate of drug-likeness (QED) is 0.382. The Morgan fingerprint density at radius 3 is 2.51 bits per heavy atom. The highest BCUT2D eigenvalue weighted by molar-refractivity contribution is 6.35. The van der Waals surface area contributed by atoms with Gasteiger partial charge < -0.3 is 38.3 Å². The molecule has 200 valence electrons. The molecule has 12 heteroatoms. The van der Waals surface area contributed by atoms with Crippen molar-refractivity contribution < 1.29 is 47.9 Å². The highest BCUT2D eigenvalue weighted by Gasteiger charge is 2.54. The van der Waals surface area contributed by atoms with Crippen LogP contribution in [0.2, 0.25) is 10.0 Å². The number of carbonyl (C=O) groups is 2. The SMILES string of the molecule is CC(=O)O[C@@H]1[C@@H](OC(C)O)[C@@H](OC(=O)COc2ccc(Cl)cc2Cl)O[C@@H]2COC(c3ccccc3)O[C@@H]12. The topological polar surface area (TPSA) is 119 Å². The van der Waals surface area contributed by atoms with Gasteiger partial charge in [-0.3, -0.25) is 4.79 Å². The van der Waals surface area contributed by atoms with Crippen LogP contribution in [0.15, 0.2) is 48.5 Å². The Hall–Kier alpha value is -2.44. The zero-order valence-electron chi connectivity index (χ0n) is 20.0. The van der Waals surface area contributed by atoms with Crippen molar-refractivity contribution in [3.63, 3.8) is 0 Å². The molecule has 7 atom stereocenters. The van der Waals surface area contributed by atoms with Gasteiger partial charge in [0, 0.05) is 17.5 Å². The largest absolute Gasteiger partial charge is 0.480 e. The van der Waals surface area contributed by atoms with Crippen LogP contribution < -0.4 is 4.74 Å². The molecule has 0 aliphatic carbocycles. The van der Waals surface area contributed by atoms with E-state index in [0.29, 0.717) is 5.02 Å². The van der Waals surface area contributed by atoms with Gasteiger partial charge >= 0.3 is 11.9 Å². The molecule has 0 aromatic heterocycles. The molecule has 2 unspecified atom stereocenters. The fourth-order valence-corrected chi connectivity index (χ4v) is 4.47. The first-order valence-electron chi connectivity index (χ1n) is 11.5. The highest BCUT2D eigenvalue weighted by Crippen LogP contribution is 2.37. The molecule has 4 rings (SSSR count). The summed E-state index contributed by atoms with van der Waals surface area (Å²) >= 11 is 12.0. The van der Waals surface area contributed by atoms with Crippen molar-refractivity contribution in [1.82, 2.24) is 0 Å². The van der Waals surface area contributed by atoms with Gasteiger partial charge in [0.2, 0.25) is 6.29 Å². The number of ether oxygens (including phenoxy) is 7. The van der Waals surface area contributed by atoms with Gasteiger partial charge in [-0.1, -0.05) is 53.5 Å². The maximum atomic E-state index is 12.6. The number of benzene rings is 2. The summed E-state index contributed by atoms with van der Waals surface area (Å²) in [7, 11) is 0. The maximum absolute atomic E-state index is 12.6. The molecule has 2 heterocycles. The van der Waals surface area contributed by atoms with Gasteiger partial charge in [0.25, 0.3) is 0 Å². The van der Waals surface area contributed by atoms with Crippen LogP contribution in [-0.2, 0) is 38.0 Å². The van der Waals surface area contributed by atoms with Crippen molar-refractivity contribution in [2.45, 2.75) is 57.1 Å². The minimum atomic E-state index is -1.38. The molecule has 0 spiro atoms. The van der Waals surface area contributed by atoms with Crippen molar-refractivity contribution in [2.75, 3.05) is 13.2 Å². The van der Waals surface area contributed by atoms with Crippen LogP contribution in [0.1, 0.15) is 25.7 Å². The Morgan fingerprint density at radius 2 is 1.84 bits per heavy atom. The monoisotopic (exact) mass is 556 g/mol. The number of aliphatic hydroxyl groups excluding tert-OH is 1. The van der Waals surface area contributed by atoms with Crippen molar-refractivity contribution in [3.8, 4) is 5.75 Å². The van der Waals surface area contributed by atoms with E-state index in [1.165, 1.54) is 26.0 Å². The minimum Gasteiger partial charge on any atom is -0.480 e. The highest BCUT2D eigenvalue weighted by atomic mass is 35.5. The molecule has 10 nitrogen and oxygen atoms in total. The summed E-state index contributed by atoms with van der Waals surface area (Å²) in [6.07, 6.45) is -7.37. The van der Waals surface area contributed by atoms with E-state index in [9.17, 15) is 14.7 Å². The van der Waals surface area contributed by atoms with Crippen LogP contribution in [0.3, 0.4) is 0 Å². The predicted molar refractivity (Wildman–Crippen MR) is 129 cm³/mol. The van der Waals surface area contributed by atoms with Crippen LogP contribution in [-0.4, -0.2) is 67.3 Å². The fourth-order valence-electron chi connectivity index (χ4n) is 4.01. The van der Waals surface area contributed by atoms with Crippen molar-refractivity contribution in [1.29, 1.82) is 0 Å². The van der Waals surface area contributed by atoms with E-state index in [1.807, 2.05) is 30.3 Å². The molecule has 37 heavy (non-hydrogen) atoms. The molecule has 1 N–H and O–H groups in total. The molecule has 2 aliphatic rings. The van der Waals surface area contributed by atoms with Crippen LogP contribution in [0.5, 0.6) is 5.75 Å². The molecule has 0 bridgehead atoms. The summed E-state index contributed by atoms with van der Waals surface area (Å²) in [6, 6.07) is 13.7. The molecular weight excluding hydrogens is 531 g/mol. The first-order chi connectivity index (χ1) is 17.7. The molecule has 2 aromatic carbocycles. The lowest BCUT2D eigenvalue weighted by molar-refractivity contribution is -0.369. The average molecular weight is 557 g/mol. The summed E-state index contributed by atoms with van der Waals surface area (Å²) in [5.74, 6) is -1.22. The van der Waals surface area contributed by atoms with Gasteiger partial charge in [0.1, 0.15) is 18.0 Å². The molecule has 2 saturated heterocycles. The fraction of sp³-hybridized carbons (Fsp3) is 0.440. The van der Waals surface area contributed by atoms with E-state index in [4.69, 9.17) is 56.4 Å². The summed E-state index contributed by atoms with van der Waals surface area (Å²) in [6.45, 7) is 2.12. The lowest BCUT2D eigenvalue weighted by Crippen LogP contribution is -2.64. The first-order valence-corrected chi connectivity index (χ1v) is 12.2. The van der Waals surface area contributed by atoms with Gasteiger partial charge in [-0.2, -0.15) is 0 Å². The molecule has 0 radical (unpaired) electrons. The first kappa shape index (κ1) is 27.6. The summed E-state index contributed by atoms with van der Waals surface area (Å²) < 4.78 is 39.9. The number of hydrogen-bond acceptors (Lipinski definition) is 10. The van der Waals surface area contributed by atoms with E-state index in [2.05, 4.69) is 0 Å². The third-order valence-electron chi connectivity index (χ3n) is 5.50. The summed E-state index contributed by atoms with van der Waals surface area (Å²) in [5, 5.41) is 10.6. The Labute approximate surface area is 223 Å². The number of carbonyl (C=O) groups excluding carboxylic acids is 2. The number of fused-ring (bicyclic) bond motifs is 1. The Kier molecular flexibility index (Phi) is 9.25. The molecule has 0 amide bonds. The van der Waals surface area contributed by atoms with E-state index in [-0.39, 0.29) is 17.4 Å². The lowest BCUT2D eigenvalue weighted by atomic mass is 9.97. The van der Waals surface area contributed by atoms with Gasteiger partial charge in [0.15, 0.2) is 31.4 Å². The van der Waals surface area contributed by atoms with Crippen LogP contribution >= 0.6 is 23.2 Å². The smallest absolute Gasteiger partial charge is 0.346 e. The maximum Gasteiger partial charge on any atom is 0.346 e. The number of rotatable bonds is 8. The molecular formula is C25H26Cl2O10. The van der Waals surface area contributed by atoms with Crippen molar-refractivity contribution in [2.24, 2.45) is 0 Å². The van der Waals surface area contributed by atoms with Crippen molar-refractivity contribution >= 4 is 35.1 Å². The third-order valence-corrected chi connectivity index (χ3v) is 6.03. The summed E-state index contributed by atoms with van der Waals surface area (Å²) in [4.78, 5) is 24.6. The molecule has 2 fully saturated rings. The van der Waals surface area contributed by atoms with E-state index in [1.54, 1.807) is 6.07 Å². The second kappa shape index (κ2) is 12.4. The van der Waals surface area contributed by atoms with Crippen LogP contribution in [0.4, 0.5) is 0 Å². The van der Waals surface area contributed by atoms with Gasteiger partial charge in [-0.05, 0) is 25.1 Å². The Morgan fingerprint density at radius 1 is 1.08 bits per heavy atom. The number of aliphatic hydroxyl groups is 1. The van der Waals surface area contributed by atoms with Crippen molar-refractivity contribution in [3.05, 3.63) is 64.1 Å². The second-order valence-corrected chi connectivity index (χ2v) is 9.19. The average Bonchev–Trinajstić information content (AvgIpc) is 2.85. The van der Waals surface area contributed by atoms with Gasteiger partial charge in [-0.25, -0.2) is 4.79 Å². The molecule has 0 saturated carbocycles. The van der Waals surface area contributed by atoms with Gasteiger partial charge in [-0.15, -0.1) is 0 Å². The van der Waals surface area contributed by atoms with E-state index < -0.39 is 61.8 Å². The number of esters is 2. The van der Waals surface area contributed by atoms with Crippen LogP contribution in [0.25, 0.3) is 0 Å². The zero-order chi connectivity index (χ0) is 26.5. The standard InChI is InChI=1S/C25H26Cl2O10/c1-13(28)33-22-21-19(11-32-24(37-21)15-6-4-3-5-7-15)35-25(23(22)34-14(2)29)36-20(30)12-31-18-9-8-16(26)10-17(18)27/h3-10,14,19,21-25,29H,11-12H2,1-2H3/t14?,19-,21-,22+,23-,24?,25-/m1/s1. The van der Waals surface area contributed by atoms with Gasteiger partial charge in [0.05, 0.1) is 11.6 Å². The normalized spacial score (nSPS) is 28.0. The zero-order valence-corrected chi connectivity index (χ0v) is 21.5. The minimum absolute atomic E-state index is 0.0499. The van der Waals surface area contributed by atoms with E-state index >= 15 is 0 Å². The Balaban J connectivity index is 1.50. The Bertz CT molecular complexity index is 1080.